The van der Waals surface area contributed by atoms with E-state index in [4.69, 9.17) is 4.74 Å². The largest absolute Gasteiger partial charge is 0.486 e. The summed E-state index contributed by atoms with van der Waals surface area (Å²) in [5, 5.41) is 13.4. The molecule has 120 valence electrons. The van der Waals surface area contributed by atoms with E-state index in [0.717, 1.165) is 5.56 Å². The maximum absolute atomic E-state index is 13.2. The second kappa shape index (κ2) is 6.89. The molecule has 1 aliphatic heterocycles. The average molecular weight is 315 g/mol. The van der Waals surface area contributed by atoms with Crippen LogP contribution in [0, 0.1) is 5.82 Å². The molecule has 1 aliphatic rings. The molecule has 0 spiro atoms. The summed E-state index contributed by atoms with van der Waals surface area (Å²) in [5.74, 6) is -0.350. The van der Waals surface area contributed by atoms with Crippen molar-refractivity contribution in [3.63, 3.8) is 0 Å². The summed E-state index contributed by atoms with van der Waals surface area (Å²) in [4.78, 5) is 12.1. The third-order valence-corrected chi connectivity index (χ3v) is 3.86. The number of hydrogen-bond donors (Lipinski definition) is 2. The number of hydrogen-bond acceptors (Lipinski definition) is 4. The van der Waals surface area contributed by atoms with Gasteiger partial charge in [0.05, 0.1) is 12.0 Å². The summed E-state index contributed by atoms with van der Waals surface area (Å²) in [6.45, 7) is 0.934. The Morgan fingerprint density at radius 1 is 1.26 bits per heavy atom. The normalized spacial score (nSPS) is 18.2. The zero-order chi connectivity index (χ0) is 16.2. The minimum Gasteiger partial charge on any atom is -0.486 e. The number of aliphatic hydroxyl groups is 1. The van der Waals surface area contributed by atoms with E-state index in [1.54, 1.807) is 0 Å². The molecule has 23 heavy (non-hydrogen) atoms. The Labute approximate surface area is 133 Å². The lowest BCUT2D eigenvalue weighted by molar-refractivity contribution is 0.0241. The highest BCUT2D eigenvalue weighted by molar-refractivity contribution is 5.99. The number of nitrogens with one attached hydrogen (secondary N) is 1. The van der Waals surface area contributed by atoms with Crippen molar-refractivity contribution in [1.29, 1.82) is 0 Å². The molecule has 2 atom stereocenters. The van der Waals surface area contributed by atoms with Gasteiger partial charge in [-0.15, -0.1) is 0 Å². The fourth-order valence-electron chi connectivity index (χ4n) is 2.63. The molecular formula is C18H18FNO3. The van der Waals surface area contributed by atoms with Gasteiger partial charge in [0.15, 0.2) is 5.78 Å². The molecule has 0 aromatic heterocycles. The number of benzene rings is 2. The van der Waals surface area contributed by atoms with Crippen LogP contribution in [0.5, 0.6) is 5.75 Å². The van der Waals surface area contributed by atoms with Crippen LogP contribution >= 0.6 is 0 Å². The lowest BCUT2D eigenvalue weighted by Gasteiger charge is -2.29. The summed E-state index contributed by atoms with van der Waals surface area (Å²) >= 11 is 0. The van der Waals surface area contributed by atoms with Crippen LogP contribution in [0.3, 0.4) is 0 Å². The highest BCUT2D eigenvalue weighted by Crippen LogP contribution is 2.29. The predicted octanol–water partition coefficient (Wildman–Crippen LogP) is 2.31. The van der Waals surface area contributed by atoms with Crippen LogP contribution in [0.25, 0.3) is 0 Å². The summed E-state index contributed by atoms with van der Waals surface area (Å²) in [6.07, 6.45) is -1.39. The highest BCUT2D eigenvalue weighted by atomic mass is 19.1. The Morgan fingerprint density at radius 2 is 2.04 bits per heavy atom. The number of carbonyl (C=O) groups is 1. The molecule has 1 heterocycles. The summed E-state index contributed by atoms with van der Waals surface area (Å²) in [6, 6.07) is 13.7. The Hall–Kier alpha value is -2.24. The van der Waals surface area contributed by atoms with E-state index < -0.39 is 18.0 Å². The van der Waals surface area contributed by atoms with Crippen molar-refractivity contribution in [1.82, 2.24) is 5.32 Å². The zero-order valence-corrected chi connectivity index (χ0v) is 12.5. The van der Waals surface area contributed by atoms with Crippen LogP contribution in [0.1, 0.15) is 22.3 Å². The van der Waals surface area contributed by atoms with Crippen molar-refractivity contribution >= 4 is 5.78 Å². The number of fused-ring (bicyclic) bond motifs is 1. The predicted molar refractivity (Wildman–Crippen MR) is 83.9 cm³/mol. The zero-order valence-electron chi connectivity index (χ0n) is 12.5. The topological polar surface area (TPSA) is 58.6 Å². The molecule has 0 amide bonds. The number of aliphatic hydroxyl groups excluding tert-OH is 1. The Bertz CT molecular complexity index is 690. The maximum atomic E-state index is 13.2. The van der Waals surface area contributed by atoms with Crippen molar-refractivity contribution < 1.29 is 19.0 Å². The molecule has 2 aromatic rings. The van der Waals surface area contributed by atoms with E-state index in [-0.39, 0.29) is 17.8 Å². The van der Waals surface area contributed by atoms with Crippen LogP contribution in [-0.4, -0.2) is 29.6 Å². The van der Waals surface area contributed by atoms with Gasteiger partial charge >= 0.3 is 0 Å². The molecule has 5 heteroatoms. The molecule has 0 saturated carbocycles. The lowest BCUT2D eigenvalue weighted by Crippen LogP contribution is -2.42. The molecule has 0 fully saturated rings. The molecule has 0 unspecified atom stereocenters. The molecule has 0 bridgehead atoms. The first-order chi connectivity index (χ1) is 11.1. The van der Waals surface area contributed by atoms with Gasteiger partial charge in [-0.05, 0) is 23.8 Å². The second-order valence-electron chi connectivity index (χ2n) is 5.61. The van der Waals surface area contributed by atoms with Gasteiger partial charge in [-0.2, -0.15) is 0 Å². The third kappa shape index (κ3) is 3.75. The molecule has 2 aromatic carbocycles. The van der Waals surface area contributed by atoms with E-state index in [2.05, 4.69) is 5.32 Å². The Balaban J connectivity index is 1.57. The van der Waals surface area contributed by atoms with Crippen molar-refractivity contribution in [3.05, 3.63) is 65.5 Å². The number of ketones is 1. The molecule has 4 nitrogen and oxygen atoms in total. The first-order valence-corrected chi connectivity index (χ1v) is 7.55. The number of ether oxygens (including phenoxy) is 1. The van der Waals surface area contributed by atoms with Gasteiger partial charge < -0.3 is 15.2 Å². The van der Waals surface area contributed by atoms with E-state index >= 15 is 0 Å². The lowest BCUT2D eigenvalue weighted by atomic mass is 9.97. The standard InChI is InChI=1S/C18H18FNO3/c19-13-6-7-17-14(8-13)15(21)9-18(23-17)16(22)11-20-10-12-4-2-1-3-5-12/h1-8,16,18,20,22H,9-11H2/t16-,18+/m1/s1. The summed E-state index contributed by atoms with van der Waals surface area (Å²) in [7, 11) is 0. The fourth-order valence-corrected chi connectivity index (χ4v) is 2.63. The van der Waals surface area contributed by atoms with Crippen LogP contribution in [0.2, 0.25) is 0 Å². The monoisotopic (exact) mass is 315 g/mol. The molecular weight excluding hydrogens is 297 g/mol. The number of halogens is 1. The third-order valence-electron chi connectivity index (χ3n) is 3.86. The molecule has 0 radical (unpaired) electrons. The van der Waals surface area contributed by atoms with Crippen molar-refractivity contribution in [2.45, 2.75) is 25.2 Å². The van der Waals surface area contributed by atoms with Crippen LogP contribution in [0.4, 0.5) is 4.39 Å². The van der Waals surface area contributed by atoms with Crippen molar-refractivity contribution in [2.24, 2.45) is 0 Å². The van der Waals surface area contributed by atoms with Gasteiger partial charge in [-0.3, -0.25) is 4.79 Å². The first-order valence-electron chi connectivity index (χ1n) is 7.55. The van der Waals surface area contributed by atoms with Gasteiger partial charge in [0.1, 0.15) is 23.8 Å². The molecule has 0 saturated heterocycles. The van der Waals surface area contributed by atoms with Gasteiger partial charge in [0.2, 0.25) is 0 Å². The minimum atomic E-state index is -0.819. The molecule has 0 aliphatic carbocycles. The van der Waals surface area contributed by atoms with E-state index in [1.165, 1.54) is 18.2 Å². The second-order valence-corrected chi connectivity index (χ2v) is 5.61. The maximum Gasteiger partial charge on any atom is 0.170 e. The van der Waals surface area contributed by atoms with Crippen LogP contribution < -0.4 is 10.1 Å². The highest BCUT2D eigenvalue weighted by Gasteiger charge is 2.31. The van der Waals surface area contributed by atoms with Crippen molar-refractivity contribution in [3.8, 4) is 5.75 Å². The van der Waals surface area contributed by atoms with Gasteiger partial charge in [-0.1, -0.05) is 30.3 Å². The summed E-state index contributed by atoms with van der Waals surface area (Å²) in [5.41, 5.74) is 1.35. The summed E-state index contributed by atoms with van der Waals surface area (Å²) < 4.78 is 18.8. The Kier molecular flexibility index (Phi) is 4.69. The Morgan fingerprint density at radius 3 is 2.83 bits per heavy atom. The smallest absolute Gasteiger partial charge is 0.170 e. The number of carbonyl (C=O) groups excluding carboxylic acids is 1. The SMILES string of the molecule is O=C1C[C@@H]([C@H](O)CNCc2ccccc2)Oc2ccc(F)cc21. The molecule has 3 rings (SSSR count). The quantitative estimate of drug-likeness (QED) is 0.889. The van der Waals surface area contributed by atoms with E-state index in [1.807, 2.05) is 30.3 Å². The number of rotatable bonds is 5. The van der Waals surface area contributed by atoms with Gasteiger partial charge in [0.25, 0.3) is 0 Å². The number of Topliss-reactive ketones (excluding diaryl/α,β-unsaturated/α-hetero) is 1. The first kappa shape index (κ1) is 15.6. The van der Waals surface area contributed by atoms with Crippen molar-refractivity contribution in [2.75, 3.05) is 6.54 Å². The van der Waals surface area contributed by atoms with Gasteiger partial charge in [-0.25, -0.2) is 4.39 Å². The molecule has 2 N–H and O–H groups in total. The van der Waals surface area contributed by atoms with E-state index in [0.29, 0.717) is 18.8 Å². The minimum absolute atomic E-state index is 0.0463. The van der Waals surface area contributed by atoms with Crippen LogP contribution in [-0.2, 0) is 6.54 Å². The fraction of sp³-hybridized carbons (Fsp3) is 0.278. The van der Waals surface area contributed by atoms with E-state index in [9.17, 15) is 14.3 Å². The van der Waals surface area contributed by atoms with Crippen LogP contribution in [0.15, 0.2) is 48.5 Å². The average Bonchev–Trinajstić information content (AvgIpc) is 2.56. The van der Waals surface area contributed by atoms with Gasteiger partial charge in [0, 0.05) is 13.1 Å².